The summed E-state index contributed by atoms with van der Waals surface area (Å²) < 4.78 is 0. The fraction of sp³-hybridized carbons (Fsp3) is 0.364. The Kier molecular flexibility index (Phi) is 3.65. The van der Waals surface area contributed by atoms with Crippen molar-refractivity contribution in [2.45, 2.75) is 25.8 Å². The van der Waals surface area contributed by atoms with Gasteiger partial charge >= 0.3 is 0 Å². The Morgan fingerprint density at radius 1 is 1.69 bits per heavy atom. The van der Waals surface area contributed by atoms with Crippen molar-refractivity contribution in [3.63, 3.8) is 0 Å². The topological polar surface area (TPSA) is 38.9 Å². The summed E-state index contributed by atoms with van der Waals surface area (Å²) in [6, 6.07) is 4.15. The first-order valence-electron chi connectivity index (χ1n) is 4.47. The van der Waals surface area contributed by atoms with Crippen molar-refractivity contribution in [3.8, 4) is 0 Å². The van der Waals surface area contributed by atoms with E-state index >= 15 is 0 Å². The quantitative estimate of drug-likeness (QED) is 0.712. The van der Waals surface area contributed by atoms with Crippen LogP contribution in [0.25, 0.3) is 0 Å². The van der Waals surface area contributed by atoms with E-state index in [1.165, 1.54) is 5.56 Å². The monoisotopic (exact) mass is 176 g/mol. The van der Waals surface area contributed by atoms with Crippen LogP contribution in [-0.4, -0.2) is 11.0 Å². The lowest BCUT2D eigenvalue weighted by Gasteiger charge is -2.10. The fourth-order valence-corrected chi connectivity index (χ4v) is 1.34. The number of hydrogen-bond acceptors (Lipinski definition) is 2. The van der Waals surface area contributed by atoms with Gasteiger partial charge in [-0.25, -0.2) is 0 Å². The van der Waals surface area contributed by atoms with Crippen molar-refractivity contribution in [1.29, 1.82) is 0 Å². The van der Waals surface area contributed by atoms with Gasteiger partial charge < -0.3 is 5.73 Å². The average Bonchev–Trinajstić information content (AvgIpc) is 2.04. The van der Waals surface area contributed by atoms with Gasteiger partial charge in [-0.1, -0.05) is 11.6 Å². The van der Waals surface area contributed by atoms with Crippen LogP contribution in [0, 0.1) is 0 Å². The standard InChI is InChI=1S/C11H16N2/c1-9(2)6-11(12)7-10-4-3-5-13-8-10/h3-5,8,11H,1,6-7,12H2,2H3. The number of pyridine rings is 1. The van der Waals surface area contributed by atoms with Crippen LogP contribution in [0.4, 0.5) is 0 Å². The number of rotatable bonds is 4. The van der Waals surface area contributed by atoms with Crippen molar-refractivity contribution < 1.29 is 0 Å². The minimum absolute atomic E-state index is 0.168. The van der Waals surface area contributed by atoms with Crippen LogP contribution >= 0.6 is 0 Å². The lowest BCUT2D eigenvalue weighted by molar-refractivity contribution is 0.660. The molecular weight excluding hydrogens is 160 g/mol. The van der Waals surface area contributed by atoms with Crippen LogP contribution in [0.5, 0.6) is 0 Å². The fourth-order valence-electron chi connectivity index (χ4n) is 1.34. The van der Waals surface area contributed by atoms with E-state index in [4.69, 9.17) is 5.73 Å². The van der Waals surface area contributed by atoms with E-state index in [1.54, 1.807) is 6.20 Å². The largest absolute Gasteiger partial charge is 0.327 e. The van der Waals surface area contributed by atoms with Gasteiger partial charge in [0.1, 0.15) is 0 Å². The highest BCUT2D eigenvalue weighted by Gasteiger charge is 2.03. The van der Waals surface area contributed by atoms with Gasteiger partial charge in [-0.3, -0.25) is 4.98 Å². The van der Waals surface area contributed by atoms with Crippen LogP contribution in [0.3, 0.4) is 0 Å². The smallest absolute Gasteiger partial charge is 0.0300 e. The summed E-state index contributed by atoms with van der Waals surface area (Å²) in [4.78, 5) is 4.04. The lowest BCUT2D eigenvalue weighted by Crippen LogP contribution is -2.22. The molecule has 2 heteroatoms. The maximum Gasteiger partial charge on any atom is 0.0300 e. The first-order chi connectivity index (χ1) is 6.18. The zero-order chi connectivity index (χ0) is 9.68. The minimum Gasteiger partial charge on any atom is -0.327 e. The number of aromatic nitrogens is 1. The van der Waals surface area contributed by atoms with Crippen LogP contribution in [0.1, 0.15) is 18.9 Å². The zero-order valence-electron chi connectivity index (χ0n) is 8.03. The normalized spacial score (nSPS) is 12.5. The predicted molar refractivity (Wildman–Crippen MR) is 55.3 cm³/mol. The van der Waals surface area contributed by atoms with E-state index in [0.29, 0.717) is 0 Å². The van der Waals surface area contributed by atoms with Crippen LogP contribution in [0.15, 0.2) is 36.7 Å². The van der Waals surface area contributed by atoms with E-state index in [9.17, 15) is 0 Å². The third-order valence-electron chi connectivity index (χ3n) is 1.83. The Morgan fingerprint density at radius 2 is 2.46 bits per heavy atom. The third-order valence-corrected chi connectivity index (χ3v) is 1.83. The van der Waals surface area contributed by atoms with Gasteiger partial charge in [0.15, 0.2) is 0 Å². The molecule has 0 aliphatic carbocycles. The van der Waals surface area contributed by atoms with Crippen LogP contribution < -0.4 is 5.73 Å². The van der Waals surface area contributed by atoms with E-state index in [1.807, 2.05) is 25.3 Å². The van der Waals surface area contributed by atoms with Crippen molar-refractivity contribution in [3.05, 3.63) is 42.2 Å². The summed E-state index contributed by atoms with van der Waals surface area (Å²) in [7, 11) is 0. The molecule has 0 amide bonds. The molecule has 0 aromatic carbocycles. The Bertz CT molecular complexity index is 267. The highest BCUT2D eigenvalue weighted by molar-refractivity contribution is 5.10. The summed E-state index contributed by atoms with van der Waals surface area (Å²) in [5.41, 5.74) is 8.24. The molecule has 1 rings (SSSR count). The van der Waals surface area contributed by atoms with Crippen molar-refractivity contribution in [1.82, 2.24) is 4.98 Å². The van der Waals surface area contributed by atoms with E-state index in [2.05, 4.69) is 11.6 Å². The molecular formula is C11H16N2. The molecule has 1 unspecified atom stereocenters. The molecule has 0 saturated carbocycles. The second-order valence-corrected chi connectivity index (χ2v) is 3.49. The molecule has 70 valence electrons. The summed E-state index contributed by atoms with van der Waals surface area (Å²) in [5, 5.41) is 0. The molecule has 0 radical (unpaired) electrons. The summed E-state index contributed by atoms with van der Waals surface area (Å²) >= 11 is 0. The van der Waals surface area contributed by atoms with Gasteiger partial charge in [-0.05, 0) is 31.4 Å². The molecule has 1 aromatic heterocycles. The summed E-state index contributed by atoms with van der Waals surface area (Å²) in [5.74, 6) is 0. The Labute approximate surface area is 79.5 Å². The lowest BCUT2D eigenvalue weighted by atomic mass is 10.0. The van der Waals surface area contributed by atoms with Gasteiger partial charge in [0, 0.05) is 18.4 Å². The van der Waals surface area contributed by atoms with Gasteiger partial charge in [0.25, 0.3) is 0 Å². The highest BCUT2D eigenvalue weighted by Crippen LogP contribution is 2.06. The summed E-state index contributed by atoms with van der Waals surface area (Å²) in [6.45, 7) is 5.84. The molecule has 1 atom stereocenters. The maximum atomic E-state index is 5.92. The molecule has 0 saturated heterocycles. The Morgan fingerprint density at radius 3 is 3.00 bits per heavy atom. The summed E-state index contributed by atoms with van der Waals surface area (Å²) in [6.07, 6.45) is 5.39. The number of hydrogen-bond donors (Lipinski definition) is 1. The first-order valence-corrected chi connectivity index (χ1v) is 4.47. The maximum absolute atomic E-state index is 5.92. The molecule has 1 heterocycles. The molecule has 2 N–H and O–H groups in total. The van der Waals surface area contributed by atoms with Gasteiger partial charge in [-0.15, -0.1) is 6.58 Å². The second kappa shape index (κ2) is 4.77. The number of nitrogens with two attached hydrogens (primary N) is 1. The third kappa shape index (κ3) is 3.85. The van der Waals surface area contributed by atoms with E-state index < -0.39 is 0 Å². The van der Waals surface area contributed by atoms with Gasteiger partial charge in [-0.2, -0.15) is 0 Å². The van der Waals surface area contributed by atoms with E-state index in [0.717, 1.165) is 18.4 Å². The molecule has 1 aromatic rings. The molecule has 0 aliphatic heterocycles. The van der Waals surface area contributed by atoms with Gasteiger partial charge in [0.05, 0.1) is 0 Å². The molecule has 2 nitrogen and oxygen atoms in total. The Balaban J connectivity index is 2.45. The Hall–Kier alpha value is -1.15. The van der Waals surface area contributed by atoms with Crippen molar-refractivity contribution >= 4 is 0 Å². The molecule has 0 spiro atoms. The van der Waals surface area contributed by atoms with Crippen LogP contribution in [-0.2, 0) is 6.42 Å². The van der Waals surface area contributed by atoms with Gasteiger partial charge in [0.2, 0.25) is 0 Å². The van der Waals surface area contributed by atoms with E-state index in [-0.39, 0.29) is 6.04 Å². The number of nitrogens with zero attached hydrogens (tertiary/aromatic N) is 1. The molecule has 0 bridgehead atoms. The molecule has 0 fully saturated rings. The average molecular weight is 176 g/mol. The molecule has 13 heavy (non-hydrogen) atoms. The predicted octanol–water partition coefficient (Wildman–Crippen LogP) is 1.92. The zero-order valence-corrected chi connectivity index (χ0v) is 8.03. The SMILES string of the molecule is C=C(C)CC(N)Cc1cccnc1. The molecule has 0 aliphatic rings. The first kappa shape index (κ1) is 9.93. The highest BCUT2D eigenvalue weighted by atomic mass is 14.6. The van der Waals surface area contributed by atoms with Crippen molar-refractivity contribution in [2.75, 3.05) is 0 Å². The van der Waals surface area contributed by atoms with Crippen LogP contribution in [0.2, 0.25) is 0 Å². The van der Waals surface area contributed by atoms with Crippen molar-refractivity contribution in [2.24, 2.45) is 5.73 Å². The second-order valence-electron chi connectivity index (χ2n) is 3.49. The minimum atomic E-state index is 0.168.